The van der Waals surface area contributed by atoms with Gasteiger partial charge < -0.3 is 4.74 Å². The molecule has 0 radical (unpaired) electrons. The van der Waals surface area contributed by atoms with Gasteiger partial charge >= 0.3 is 6.18 Å². The largest absolute Gasteiger partial charge is 0.490 e. The molecule has 1 rings (SSSR count). The van der Waals surface area contributed by atoms with Crippen LogP contribution in [0.15, 0.2) is 0 Å². The van der Waals surface area contributed by atoms with Gasteiger partial charge in [0.15, 0.2) is 5.75 Å². The predicted octanol–water partition coefficient (Wildman–Crippen LogP) is 4.82. The van der Waals surface area contributed by atoms with Crippen molar-refractivity contribution in [3.05, 3.63) is 17.2 Å². The van der Waals surface area contributed by atoms with Crippen LogP contribution in [0.3, 0.4) is 0 Å². The predicted molar refractivity (Wildman–Crippen MR) is 84.1 cm³/mol. The van der Waals surface area contributed by atoms with Crippen molar-refractivity contribution >= 4 is 8.07 Å². The maximum absolute atomic E-state index is 12.9. The van der Waals surface area contributed by atoms with Gasteiger partial charge in [0.2, 0.25) is 5.82 Å². The van der Waals surface area contributed by atoms with E-state index >= 15 is 0 Å². The number of hydrogen-bond donors (Lipinski definition) is 0. The van der Waals surface area contributed by atoms with Gasteiger partial charge in [-0.15, -0.1) is 0 Å². The summed E-state index contributed by atoms with van der Waals surface area (Å²) in [4.78, 5) is 7.33. The van der Waals surface area contributed by atoms with Crippen LogP contribution in [0.4, 0.5) is 13.2 Å². The summed E-state index contributed by atoms with van der Waals surface area (Å²) in [5.41, 5.74) is -0.00641. The number of nitrogens with zero attached hydrogens (tertiary/aromatic N) is 2. The lowest BCUT2D eigenvalue weighted by molar-refractivity contribution is -0.145. The average molecular weight is 334 g/mol. The molecule has 0 aliphatic heterocycles. The second-order valence-corrected chi connectivity index (χ2v) is 13.3. The fourth-order valence-electron chi connectivity index (χ4n) is 1.83. The fraction of sp³-hybridized carbons (Fsp3) is 0.733. The van der Waals surface area contributed by atoms with Gasteiger partial charge in [0, 0.05) is 13.5 Å². The van der Waals surface area contributed by atoms with Crippen LogP contribution < -0.4 is 4.74 Å². The van der Waals surface area contributed by atoms with Gasteiger partial charge in [0.25, 0.3) is 0 Å². The molecule has 1 aromatic heterocycles. The molecule has 0 aliphatic carbocycles. The Balaban J connectivity index is 3.21. The zero-order valence-corrected chi connectivity index (χ0v) is 15.4. The first-order valence-corrected chi connectivity index (χ1v) is 11.0. The average Bonchev–Trinajstić information content (AvgIpc) is 2.26. The van der Waals surface area contributed by atoms with Gasteiger partial charge in [0.1, 0.15) is 0 Å². The molecule has 0 N–H and O–H groups in total. The summed E-state index contributed by atoms with van der Waals surface area (Å²) in [7, 11) is -1.28. The molecule has 22 heavy (non-hydrogen) atoms. The third-order valence-electron chi connectivity index (χ3n) is 3.10. The van der Waals surface area contributed by atoms with Gasteiger partial charge in [-0.3, -0.25) is 0 Å². The molecule has 1 aromatic rings. The molecule has 0 saturated carbocycles. The Labute approximate surface area is 131 Å². The summed E-state index contributed by atoms with van der Waals surface area (Å²) in [6.45, 7) is 14.1. The lowest BCUT2D eigenvalue weighted by Crippen LogP contribution is -2.25. The second-order valence-electron chi connectivity index (χ2n) is 7.72. The molecule has 0 fully saturated rings. The van der Waals surface area contributed by atoms with E-state index in [2.05, 4.69) is 29.6 Å². The van der Waals surface area contributed by atoms with Crippen LogP contribution in [0.25, 0.3) is 0 Å². The topological polar surface area (TPSA) is 35.0 Å². The van der Waals surface area contributed by atoms with E-state index in [9.17, 15) is 13.2 Å². The molecular formula is C15H25F3N2OSi. The lowest BCUT2D eigenvalue weighted by atomic mass is 9.90. The number of alkyl halides is 3. The lowest BCUT2D eigenvalue weighted by Gasteiger charge is -2.24. The van der Waals surface area contributed by atoms with Crippen molar-refractivity contribution in [2.75, 3.05) is 6.61 Å². The first-order valence-electron chi connectivity index (χ1n) is 7.31. The maximum atomic E-state index is 12.9. The summed E-state index contributed by atoms with van der Waals surface area (Å²) in [5.74, 6) is -0.716. The molecule has 0 aromatic carbocycles. The van der Waals surface area contributed by atoms with E-state index < -0.39 is 25.5 Å². The van der Waals surface area contributed by atoms with E-state index in [4.69, 9.17) is 4.74 Å². The van der Waals surface area contributed by atoms with Crippen molar-refractivity contribution in [2.45, 2.75) is 65.0 Å². The normalized spacial score (nSPS) is 13.4. The van der Waals surface area contributed by atoms with E-state index in [1.807, 2.05) is 20.8 Å². The quantitative estimate of drug-likeness (QED) is 0.741. The Morgan fingerprint density at radius 2 is 1.59 bits per heavy atom. The summed E-state index contributed by atoms with van der Waals surface area (Å²) in [6.07, 6.45) is -4.55. The zero-order chi connectivity index (χ0) is 17.3. The number of ether oxygens (including phenoxy) is 1. The minimum absolute atomic E-state index is 0.239. The van der Waals surface area contributed by atoms with Gasteiger partial charge in [-0.1, -0.05) is 40.4 Å². The van der Waals surface area contributed by atoms with Crippen molar-refractivity contribution in [1.29, 1.82) is 0 Å². The highest BCUT2D eigenvalue weighted by molar-refractivity contribution is 6.76. The summed E-state index contributed by atoms with van der Waals surface area (Å²) in [6, 6.07) is 0.928. The van der Waals surface area contributed by atoms with Gasteiger partial charge in [0.05, 0.1) is 18.0 Å². The van der Waals surface area contributed by atoms with Crippen molar-refractivity contribution in [3.8, 4) is 5.75 Å². The van der Waals surface area contributed by atoms with E-state index in [0.717, 1.165) is 6.04 Å². The van der Waals surface area contributed by atoms with Crippen molar-refractivity contribution in [2.24, 2.45) is 0 Å². The number of aromatic nitrogens is 2. The molecule has 0 atom stereocenters. The number of aryl methyl sites for hydroxylation is 1. The highest BCUT2D eigenvalue weighted by Crippen LogP contribution is 2.35. The number of rotatable bonds is 4. The maximum Gasteiger partial charge on any atom is 0.451 e. The summed E-state index contributed by atoms with van der Waals surface area (Å²) >= 11 is 0. The van der Waals surface area contributed by atoms with Gasteiger partial charge in [-0.05, 0) is 13.0 Å². The van der Waals surface area contributed by atoms with E-state index in [-0.39, 0.29) is 5.69 Å². The molecule has 1 heterocycles. The minimum atomic E-state index is -4.55. The monoisotopic (exact) mass is 334 g/mol. The first kappa shape index (κ1) is 18.9. The zero-order valence-electron chi connectivity index (χ0n) is 14.4. The Morgan fingerprint density at radius 3 is 2.00 bits per heavy atom. The number of hydrogen-bond acceptors (Lipinski definition) is 3. The highest BCUT2D eigenvalue weighted by atomic mass is 28.3. The molecule has 0 unspecified atom stereocenters. The van der Waals surface area contributed by atoms with Crippen LogP contribution >= 0.6 is 0 Å². The molecular weight excluding hydrogens is 309 g/mol. The fourth-order valence-corrected chi connectivity index (χ4v) is 2.54. The third-order valence-corrected chi connectivity index (χ3v) is 4.80. The molecule has 126 valence electrons. The van der Waals surface area contributed by atoms with Crippen LogP contribution in [0.5, 0.6) is 5.75 Å². The summed E-state index contributed by atoms with van der Waals surface area (Å²) in [5, 5.41) is 0. The minimum Gasteiger partial charge on any atom is -0.490 e. The van der Waals surface area contributed by atoms with Crippen LogP contribution in [-0.2, 0) is 11.6 Å². The van der Waals surface area contributed by atoms with E-state index in [0.29, 0.717) is 18.1 Å². The van der Waals surface area contributed by atoms with Crippen LogP contribution in [0.1, 0.15) is 38.0 Å². The molecule has 0 bridgehead atoms. The molecule has 0 amide bonds. The van der Waals surface area contributed by atoms with Crippen molar-refractivity contribution in [3.63, 3.8) is 0 Å². The van der Waals surface area contributed by atoms with Crippen LogP contribution in [-0.4, -0.2) is 24.6 Å². The second kappa shape index (κ2) is 6.18. The molecule has 0 saturated heterocycles. The van der Waals surface area contributed by atoms with Crippen molar-refractivity contribution < 1.29 is 17.9 Å². The van der Waals surface area contributed by atoms with Gasteiger partial charge in [-0.2, -0.15) is 13.2 Å². The molecule has 3 nitrogen and oxygen atoms in total. The Kier molecular flexibility index (Phi) is 5.32. The molecule has 7 heteroatoms. The summed E-state index contributed by atoms with van der Waals surface area (Å²) < 4.78 is 44.5. The number of halogens is 3. The van der Waals surface area contributed by atoms with Crippen molar-refractivity contribution in [1.82, 2.24) is 9.97 Å². The van der Waals surface area contributed by atoms with E-state index in [1.54, 1.807) is 0 Å². The third kappa shape index (κ3) is 5.26. The van der Waals surface area contributed by atoms with Gasteiger partial charge in [-0.25, -0.2) is 9.97 Å². The standard InChI is InChI=1S/C15H25F3N2OSi/c1-10-11(21-8-9-22(5,6)7)12(14(2,3)4)20-13(19-10)15(16,17)18/h8-9H2,1-7H3. The molecule has 0 aliphatic rings. The Bertz CT molecular complexity index is 531. The smallest absolute Gasteiger partial charge is 0.451 e. The Morgan fingerprint density at radius 1 is 1.05 bits per heavy atom. The van der Waals surface area contributed by atoms with Crippen LogP contribution in [0, 0.1) is 6.92 Å². The van der Waals surface area contributed by atoms with Crippen LogP contribution in [0.2, 0.25) is 25.7 Å². The SMILES string of the molecule is Cc1nc(C(F)(F)F)nc(C(C)(C)C)c1OCC[Si](C)(C)C. The Hall–Kier alpha value is -1.11. The first-order chi connectivity index (χ1) is 9.72. The highest BCUT2D eigenvalue weighted by Gasteiger charge is 2.37. The molecule has 0 spiro atoms. The van der Waals surface area contributed by atoms with E-state index in [1.165, 1.54) is 6.92 Å².